The monoisotopic (exact) mass is 319 g/mol. The Kier molecular flexibility index (Phi) is 8.90. The largest absolute Gasteiger partial charge is 0.345 e. The second-order valence-electron chi connectivity index (χ2n) is 6.65. The van der Waals surface area contributed by atoms with Crippen LogP contribution >= 0.6 is 0 Å². The predicted octanol–water partition coefficient (Wildman–Crippen LogP) is 5.56. The van der Waals surface area contributed by atoms with Crippen LogP contribution in [-0.2, 0) is 7.05 Å². The molecule has 0 bridgehead atoms. The molecular formula is C20H33NO2. The summed E-state index contributed by atoms with van der Waals surface area (Å²) in [6, 6.07) is 0. The number of nitrogens with zero attached hydrogens (tertiary/aromatic N) is 1. The lowest BCUT2D eigenvalue weighted by atomic mass is 10.00. The number of ketones is 1. The lowest BCUT2D eigenvalue weighted by Gasteiger charge is -2.04. The minimum absolute atomic E-state index is 0.187. The van der Waals surface area contributed by atoms with E-state index in [1.165, 1.54) is 44.9 Å². The molecule has 0 saturated carbocycles. The number of aldehydes is 1. The molecule has 1 aromatic rings. The summed E-state index contributed by atoms with van der Waals surface area (Å²) in [5.74, 6) is 0.187. The molecule has 0 aliphatic heterocycles. The molecule has 0 amide bonds. The first-order valence-electron chi connectivity index (χ1n) is 9.18. The summed E-state index contributed by atoms with van der Waals surface area (Å²) in [5.41, 5.74) is 3.12. The number of carbonyl (C=O) groups is 2. The second kappa shape index (κ2) is 10.4. The van der Waals surface area contributed by atoms with Gasteiger partial charge in [-0.1, -0.05) is 58.3 Å². The fourth-order valence-electron chi connectivity index (χ4n) is 3.30. The van der Waals surface area contributed by atoms with Crippen LogP contribution in [0.3, 0.4) is 0 Å². The van der Waals surface area contributed by atoms with Gasteiger partial charge in [0.2, 0.25) is 0 Å². The van der Waals surface area contributed by atoms with Crippen molar-refractivity contribution in [2.45, 2.75) is 85.0 Å². The average molecular weight is 319 g/mol. The van der Waals surface area contributed by atoms with E-state index in [4.69, 9.17) is 0 Å². The van der Waals surface area contributed by atoms with E-state index in [1.807, 2.05) is 25.5 Å². The van der Waals surface area contributed by atoms with Crippen LogP contribution in [0.4, 0.5) is 0 Å². The molecule has 0 aromatic carbocycles. The number of carbonyl (C=O) groups excluding carboxylic acids is 2. The highest BCUT2D eigenvalue weighted by Crippen LogP contribution is 2.22. The molecule has 0 fully saturated rings. The topological polar surface area (TPSA) is 39.1 Å². The highest BCUT2D eigenvalue weighted by Gasteiger charge is 2.19. The molecule has 23 heavy (non-hydrogen) atoms. The first-order valence-corrected chi connectivity index (χ1v) is 9.18. The van der Waals surface area contributed by atoms with Gasteiger partial charge < -0.3 is 4.57 Å². The third-order valence-electron chi connectivity index (χ3n) is 4.88. The minimum atomic E-state index is 0.187. The third-order valence-corrected chi connectivity index (χ3v) is 4.88. The first kappa shape index (κ1) is 19.7. The molecule has 0 radical (unpaired) electrons. The van der Waals surface area contributed by atoms with E-state index in [0.717, 1.165) is 35.9 Å². The lowest BCUT2D eigenvalue weighted by molar-refractivity contribution is 0.0977. The summed E-state index contributed by atoms with van der Waals surface area (Å²) in [6.07, 6.45) is 12.7. The van der Waals surface area contributed by atoms with Crippen LogP contribution < -0.4 is 0 Å². The summed E-state index contributed by atoms with van der Waals surface area (Å²) in [4.78, 5) is 23.6. The fourth-order valence-corrected chi connectivity index (χ4v) is 3.30. The molecule has 0 saturated heterocycles. The van der Waals surface area contributed by atoms with Gasteiger partial charge in [-0.05, 0) is 25.8 Å². The van der Waals surface area contributed by atoms with Crippen LogP contribution in [0.15, 0.2) is 0 Å². The van der Waals surface area contributed by atoms with E-state index in [2.05, 4.69) is 6.92 Å². The van der Waals surface area contributed by atoms with E-state index in [9.17, 15) is 9.59 Å². The Balaban J connectivity index is 2.31. The Bertz CT molecular complexity index is 514. The molecular weight excluding hydrogens is 286 g/mol. The maximum atomic E-state index is 12.4. The van der Waals surface area contributed by atoms with Crippen LogP contribution in [0.5, 0.6) is 0 Å². The van der Waals surface area contributed by atoms with Gasteiger partial charge in [-0.2, -0.15) is 0 Å². The van der Waals surface area contributed by atoms with Crippen molar-refractivity contribution in [3.05, 3.63) is 22.5 Å². The van der Waals surface area contributed by atoms with E-state index in [0.29, 0.717) is 12.1 Å². The predicted molar refractivity (Wildman–Crippen MR) is 96.4 cm³/mol. The Labute approximate surface area is 141 Å². The average Bonchev–Trinajstić information content (AvgIpc) is 2.75. The van der Waals surface area contributed by atoms with Gasteiger partial charge in [0.05, 0.1) is 5.69 Å². The summed E-state index contributed by atoms with van der Waals surface area (Å²) in [7, 11) is 1.85. The zero-order valence-corrected chi connectivity index (χ0v) is 15.4. The summed E-state index contributed by atoms with van der Waals surface area (Å²) >= 11 is 0. The van der Waals surface area contributed by atoms with Crippen molar-refractivity contribution in [3.8, 4) is 0 Å². The van der Waals surface area contributed by atoms with Gasteiger partial charge in [-0.15, -0.1) is 0 Å². The Hall–Kier alpha value is -1.38. The Morgan fingerprint density at radius 1 is 0.957 bits per heavy atom. The van der Waals surface area contributed by atoms with Crippen LogP contribution in [-0.4, -0.2) is 16.6 Å². The number of aromatic nitrogens is 1. The van der Waals surface area contributed by atoms with Crippen molar-refractivity contribution in [2.75, 3.05) is 0 Å². The number of unbranched alkanes of at least 4 members (excludes halogenated alkanes) is 8. The van der Waals surface area contributed by atoms with Crippen molar-refractivity contribution < 1.29 is 9.59 Å². The zero-order chi connectivity index (χ0) is 17.2. The maximum Gasteiger partial charge on any atom is 0.166 e. The van der Waals surface area contributed by atoms with Crippen molar-refractivity contribution in [1.29, 1.82) is 0 Å². The van der Waals surface area contributed by atoms with E-state index in [1.54, 1.807) is 0 Å². The molecule has 130 valence electrons. The molecule has 0 aliphatic rings. The van der Waals surface area contributed by atoms with Gasteiger partial charge in [-0.25, -0.2) is 0 Å². The molecule has 0 aliphatic carbocycles. The molecule has 1 aromatic heterocycles. The molecule has 0 spiro atoms. The highest BCUT2D eigenvalue weighted by molar-refractivity contribution is 6.00. The van der Waals surface area contributed by atoms with Crippen LogP contribution in [0, 0.1) is 13.8 Å². The van der Waals surface area contributed by atoms with Gasteiger partial charge in [0.15, 0.2) is 12.1 Å². The molecule has 1 rings (SSSR count). The molecule has 0 N–H and O–H groups in total. The van der Waals surface area contributed by atoms with E-state index < -0.39 is 0 Å². The minimum Gasteiger partial charge on any atom is -0.345 e. The normalized spacial score (nSPS) is 11.0. The fraction of sp³-hybridized carbons (Fsp3) is 0.700. The van der Waals surface area contributed by atoms with Crippen molar-refractivity contribution in [2.24, 2.45) is 7.05 Å². The van der Waals surface area contributed by atoms with E-state index >= 15 is 0 Å². The second-order valence-corrected chi connectivity index (χ2v) is 6.65. The van der Waals surface area contributed by atoms with E-state index in [-0.39, 0.29) is 5.78 Å². The van der Waals surface area contributed by atoms with Gasteiger partial charge >= 0.3 is 0 Å². The van der Waals surface area contributed by atoms with Gasteiger partial charge in [0.1, 0.15) is 0 Å². The summed E-state index contributed by atoms with van der Waals surface area (Å²) in [6.45, 7) is 6.04. The lowest BCUT2D eigenvalue weighted by Crippen LogP contribution is -2.03. The van der Waals surface area contributed by atoms with Crippen LogP contribution in [0.1, 0.15) is 103 Å². The molecule has 0 atom stereocenters. The molecule has 3 heteroatoms. The standard InChI is InChI=1S/C20H33NO2/c1-5-6-7-8-9-10-11-12-13-14-19(23)20-16(2)18(15-22)21(4)17(20)3/h15H,5-14H2,1-4H3. The number of rotatable bonds is 12. The van der Waals surface area contributed by atoms with Gasteiger partial charge in [0.25, 0.3) is 0 Å². The Morgan fingerprint density at radius 3 is 1.96 bits per heavy atom. The first-order chi connectivity index (χ1) is 11.0. The zero-order valence-electron chi connectivity index (χ0n) is 15.4. The highest BCUT2D eigenvalue weighted by atomic mass is 16.1. The molecule has 0 unspecified atom stereocenters. The molecule has 1 heterocycles. The maximum absolute atomic E-state index is 12.4. The summed E-state index contributed by atoms with van der Waals surface area (Å²) < 4.78 is 1.83. The number of Topliss-reactive ketones (excluding diaryl/α,β-unsaturated/α-hetero) is 1. The van der Waals surface area contributed by atoms with Crippen molar-refractivity contribution in [1.82, 2.24) is 4.57 Å². The Morgan fingerprint density at radius 2 is 1.48 bits per heavy atom. The SMILES string of the molecule is CCCCCCCCCCCC(=O)c1c(C)c(C=O)n(C)c1C. The third kappa shape index (κ3) is 5.63. The van der Waals surface area contributed by atoms with Crippen LogP contribution in [0.25, 0.3) is 0 Å². The van der Waals surface area contributed by atoms with Gasteiger partial charge in [0, 0.05) is 24.7 Å². The summed E-state index contributed by atoms with van der Waals surface area (Å²) in [5, 5.41) is 0. The van der Waals surface area contributed by atoms with Crippen molar-refractivity contribution in [3.63, 3.8) is 0 Å². The smallest absolute Gasteiger partial charge is 0.166 e. The number of hydrogen-bond donors (Lipinski definition) is 0. The molecule has 3 nitrogen and oxygen atoms in total. The van der Waals surface area contributed by atoms with Crippen LogP contribution in [0.2, 0.25) is 0 Å². The van der Waals surface area contributed by atoms with Crippen molar-refractivity contribution >= 4 is 12.1 Å². The quantitative estimate of drug-likeness (QED) is 0.287. The van der Waals surface area contributed by atoms with Gasteiger partial charge in [-0.3, -0.25) is 9.59 Å². The number of hydrogen-bond acceptors (Lipinski definition) is 2.